The maximum Gasteiger partial charge on any atom is 0.407 e. The second-order valence-corrected chi connectivity index (χ2v) is 9.60. The summed E-state index contributed by atoms with van der Waals surface area (Å²) in [7, 11) is 2.03. The quantitative estimate of drug-likeness (QED) is 0.160. The molecule has 0 spiro atoms. The van der Waals surface area contributed by atoms with Crippen LogP contribution in [-0.2, 0) is 14.2 Å². The van der Waals surface area contributed by atoms with Crippen molar-refractivity contribution in [3.8, 4) is 0 Å². The van der Waals surface area contributed by atoms with Crippen molar-refractivity contribution in [1.82, 2.24) is 15.5 Å². The van der Waals surface area contributed by atoms with E-state index in [-0.39, 0.29) is 36.1 Å². The second-order valence-electron chi connectivity index (χ2n) is 9.60. The highest BCUT2D eigenvalue weighted by Crippen LogP contribution is 2.13. The van der Waals surface area contributed by atoms with E-state index in [9.17, 15) is 4.79 Å². The van der Waals surface area contributed by atoms with Crippen LogP contribution in [0.15, 0.2) is 4.99 Å². The van der Waals surface area contributed by atoms with Crippen molar-refractivity contribution in [2.45, 2.75) is 72.4 Å². The molecule has 1 aliphatic heterocycles. The Kier molecular flexibility index (Phi) is 16.3. The van der Waals surface area contributed by atoms with Gasteiger partial charge < -0.3 is 29.7 Å². The molecule has 0 aromatic carbocycles. The second kappa shape index (κ2) is 16.7. The van der Waals surface area contributed by atoms with Gasteiger partial charge in [-0.1, -0.05) is 13.8 Å². The van der Waals surface area contributed by atoms with E-state index in [0.717, 1.165) is 71.3 Å². The molecule has 32 heavy (non-hydrogen) atoms. The van der Waals surface area contributed by atoms with E-state index < -0.39 is 5.60 Å². The third-order valence-electron chi connectivity index (χ3n) is 5.06. The first kappa shape index (κ1) is 31.2. The lowest BCUT2D eigenvalue weighted by Crippen LogP contribution is -2.45. The molecule has 0 aliphatic carbocycles. The van der Waals surface area contributed by atoms with Crippen LogP contribution in [-0.4, -0.2) is 81.7 Å². The Bertz CT molecular complexity index is 535. The predicted octanol–water partition coefficient (Wildman–Crippen LogP) is 3.88. The SMILES string of the molecule is CCNC(=NCCCOCC1CCOC1)N(C)CCC(NC(=O)OC(C)(C)C)C(C)C.I. The van der Waals surface area contributed by atoms with E-state index >= 15 is 0 Å². The van der Waals surface area contributed by atoms with Gasteiger partial charge >= 0.3 is 6.09 Å². The molecule has 9 heteroatoms. The highest BCUT2D eigenvalue weighted by molar-refractivity contribution is 14.0. The molecule has 1 fully saturated rings. The van der Waals surface area contributed by atoms with Gasteiger partial charge in [0.05, 0.1) is 13.2 Å². The van der Waals surface area contributed by atoms with Crippen molar-refractivity contribution in [2.24, 2.45) is 16.8 Å². The van der Waals surface area contributed by atoms with Crippen molar-refractivity contribution < 1.29 is 19.0 Å². The van der Waals surface area contributed by atoms with Crippen molar-refractivity contribution in [2.75, 3.05) is 53.1 Å². The Balaban J connectivity index is 0.00000961. The lowest BCUT2D eigenvalue weighted by molar-refractivity contribution is 0.0486. The Morgan fingerprint density at radius 3 is 2.59 bits per heavy atom. The third kappa shape index (κ3) is 14.4. The first-order chi connectivity index (χ1) is 14.6. The van der Waals surface area contributed by atoms with Crippen LogP contribution < -0.4 is 10.6 Å². The largest absolute Gasteiger partial charge is 0.444 e. The van der Waals surface area contributed by atoms with E-state index in [2.05, 4.69) is 36.3 Å². The lowest BCUT2D eigenvalue weighted by atomic mass is 10.0. The minimum atomic E-state index is -0.498. The van der Waals surface area contributed by atoms with Gasteiger partial charge in [-0.3, -0.25) is 4.99 Å². The van der Waals surface area contributed by atoms with Crippen molar-refractivity contribution in [1.29, 1.82) is 0 Å². The Labute approximate surface area is 212 Å². The Morgan fingerprint density at radius 2 is 2.03 bits per heavy atom. The zero-order valence-electron chi connectivity index (χ0n) is 21.2. The molecule has 0 bridgehead atoms. The number of guanidine groups is 1. The molecule has 0 saturated carbocycles. The molecule has 1 saturated heterocycles. The summed E-state index contributed by atoms with van der Waals surface area (Å²) >= 11 is 0. The van der Waals surface area contributed by atoms with E-state index in [0.29, 0.717) is 11.8 Å². The Morgan fingerprint density at radius 1 is 1.31 bits per heavy atom. The number of ether oxygens (including phenoxy) is 3. The molecule has 1 amide bonds. The van der Waals surface area contributed by atoms with Gasteiger partial charge in [-0.15, -0.1) is 24.0 Å². The zero-order valence-corrected chi connectivity index (χ0v) is 23.6. The summed E-state index contributed by atoms with van der Waals surface area (Å²) in [4.78, 5) is 19.0. The number of hydrogen-bond acceptors (Lipinski definition) is 5. The minimum Gasteiger partial charge on any atom is -0.444 e. The standard InChI is InChI=1S/C23H46N4O4.HI/c1-8-24-21(25-12-9-14-29-16-19-11-15-30-17-19)27(7)13-10-20(18(2)3)26-22(28)31-23(4,5)6;/h18-20H,8-17H2,1-7H3,(H,24,25)(H,26,28);1H. The molecular formula is C23H47IN4O4. The van der Waals surface area contributed by atoms with Crippen LogP contribution in [0.2, 0.25) is 0 Å². The molecule has 1 heterocycles. The average Bonchev–Trinajstić information content (AvgIpc) is 3.18. The van der Waals surface area contributed by atoms with Gasteiger partial charge in [0.1, 0.15) is 5.60 Å². The summed E-state index contributed by atoms with van der Waals surface area (Å²) in [6, 6.07) is 0.0353. The summed E-state index contributed by atoms with van der Waals surface area (Å²) in [5.41, 5.74) is -0.498. The fourth-order valence-electron chi connectivity index (χ4n) is 3.26. The summed E-state index contributed by atoms with van der Waals surface area (Å²) in [6.45, 7) is 17.4. The monoisotopic (exact) mass is 570 g/mol. The molecule has 0 aromatic heterocycles. The molecule has 0 radical (unpaired) electrons. The van der Waals surface area contributed by atoms with Gasteiger partial charge in [-0.05, 0) is 52.9 Å². The van der Waals surface area contributed by atoms with E-state index in [4.69, 9.17) is 19.2 Å². The number of halogens is 1. The number of carbonyl (C=O) groups excluding carboxylic acids is 1. The van der Waals surface area contributed by atoms with E-state index in [1.807, 2.05) is 27.8 Å². The maximum atomic E-state index is 12.2. The molecule has 1 aliphatic rings. The highest BCUT2D eigenvalue weighted by Gasteiger charge is 2.22. The first-order valence-corrected chi connectivity index (χ1v) is 11.8. The molecule has 1 rings (SSSR count). The molecular weight excluding hydrogens is 523 g/mol. The van der Waals surface area contributed by atoms with Crippen LogP contribution in [0, 0.1) is 11.8 Å². The average molecular weight is 571 g/mol. The number of nitrogens with one attached hydrogen (secondary N) is 2. The van der Waals surface area contributed by atoms with E-state index in [1.54, 1.807) is 0 Å². The molecule has 0 aromatic rings. The smallest absolute Gasteiger partial charge is 0.407 e. The first-order valence-electron chi connectivity index (χ1n) is 11.8. The number of amides is 1. The summed E-state index contributed by atoms with van der Waals surface area (Å²) in [5.74, 6) is 1.74. The number of aliphatic imine (C=N–C) groups is 1. The fraction of sp³-hybridized carbons (Fsp3) is 0.913. The number of rotatable bonds is 12. The van der Waals surface area contributed by atoms with Gasteiger partial charge in [0.15, 0.2) is 5.96 Å². The third-order valence-corrected chi connectivity index (χ3v) is 5.06. The topological polar surface area (TPSA) is 84.4 Å². The lowest BCUT2D eigenvalue weighted by Gasteiger charge is -2.28. The zero-order chi connectivity index (χ0) is 23.3. The van der Waals surface area contributed by atoms with Gasteiger partial charge in [-0.25, -0.2) is 4.79 Å². The Hall–Kier alpha value is -0.810. The number of carbonyl (C=O) groups is 1. The fourth-order valence-corrected chi connectivity index (χ4v) is 3.26. The van der Waals surface area contributed by atoms with Gasteiger partial charge in [0.25, 0.3) is 0 Å². The summed E-state index contributed by atoms with van der Waals surface area (Å²) in [6.07, 6.45) is 2.45. The van der Waals surface area contributed by atoms with E-state index in [1.165, 1.54) is 0 Å². The van der Waals surface area contributed by atoms with Crippen molar-refractivity contribution >= 4 is 36.0 Å². The number of hydrogen-bond donors (Lipinski definition) is 2. The van der Waals surface area contributed by atoms with Crippen LogP contribution in [0.25, 0.3) is 0 Å². The summed E-state index contributed by atoms with van der Waals surface area (Å²) < 4.78 is 16.5. The van der Waals surface area contributed by atoms with Crippen molar-refractivity contribution in [3.05, 3.63) is 0 Å². The van der Waals surface area contributed by atoms with Crippen LogP contribution in [0.1, 0.15) is 60.8 Å². The maximum absolute atomic E-state index is 12.2. The number of nitrogens with zero attached hydrogens (tertiary/aromatic N) is 2. The normalized spacial score (nSPS) is 17.6. The molecule has 190 valence electrons. The van der Waals surface area contributed by atoms with Gasteiger partial charge in [0, 0.05) is 51.9 Å². The van der Waals surface area contributed by atoms with Crippen molar-refractivity contribution in [3.63, 3.8) is 0 Å². The molecule has 2 atom stereocenters. The van der Waals surface area contributed by atoms with Crippen LogP contribution in [0.3, 0.4) is 0 Å². The molecule has 8 nitrogen and oxygen atoms in total. The van der Waals surface area contributed by atoms with Gasteiger partial charge in [-0.2, -0.15) is 0 Å². The number of alkyl carbamates (subject to hydrolysis) is 1. The minimum absolute atomic E-state index is 0. The predicted molar refractivity (Wildman–Crippen MR) is 141 cm³/mol. The highest BCUT2D eigenvalue weighted by atomic mass is 127. The van der Waals surface area contributed by atoms with Crippen LogP contribution >= 0.6 is 24.0 Å². The summed E-state index contributed by atoms with van der Waals surface area (Å²) in [5, 5.41) is 6.36. The van der Waals surface area contributed by atoms with Crippen LogP contribution in [0.5, 0.6) is 0 Å². The van der Waals surface area contributed by atoms with Crippen LogP contribution in [0.4, 0.5) is 4.79 Å². The molecule has 2 N–H and O–H groups in total. The van der Waals surface area contributed by atoms with Gasteiger partial charge in [0.2, 0.25) is 0 Å². The molecule has 2 unspecified atom stereocenters.